The van der Waals surface area contributed by atoms with Crippen molar-refractivity contribution in [1.29, 1.82) is 0 Å². The second-order valence-electron chi connectivity index (χ2n) is 3.10. The Hall–Kier alpha value is -0.700. The molecule has 2 nitrogen and oxygen atoms in total. The number of rotatable bonds is 2. The fraction of sp³-hybridized carbons (Fsp3) is 0.556. The van der Waals surface area contributed by atoms with Gasteiger partial charge in [0, 0.05) is 11.6 Å². The molecule has 1 atom stereocenters. The monoisotopic (exact) mass is 182 g/mol. The van der Waals surface area contributed by atoms with Gasteiger partial charge in [0.25, 0.3) is 0 Å². The molecule has 0 amide bonds. The topological polar surface area (TPSA) is 28.7 Å². The number of nitrogens with one attached hydrogen (secondary N) is 1. The number of H-pyrrole nitrogens is 1. The first-order valence-corrected chi connectivity index (χ1v) is 4.62. The van der Waals surface area contributed by atoms with Crippen LogP contribution in [-0.4, -0.2) is 9.97 Å². The van der Waals surface area contributed by atoms with Crippen LogP contribution < -0.4 is 0 Å². The number of hydrogen-bond acceptors (Lipinski definition) is 2. The van der Waals surface area contributed by atoms with Crippen molar-refractivity contribution in [3.8, 4) is 0 Å². The van der Waals surface area contributed by atoms with E-state index in [1.165, 1.54) is 0 Å². The van der Waals surface area contributed by atoms with E-state index in [4.69, 9.17) is 12.2 Å². The van der Waals surface area contributed by atoms with E-state index in [9.17, 15) is 0 Å². The first-order chi connectivity index (χ1) is 5.63. The fourth-order valence-corrected chi connectivity index (χ4v) is 1.30. The van der Waals surface area contributed by atoms with Crippen LogP contribution in [0.1, 0.15) is 37.7 Å². The summed E-state index contributed by atoms with van der Waals surface area (Å²) in [5, 5.41) is 0. The van der Waals surface area contributed by atoms with Crippen molar-refractivity contribution in [3.05, 3.63) is 22.2 Å². The van der Waals surface area contributed by atoms with Crippen molar-refractivity contribution in [1.82, 2.24) is 9.97 Å². The zero-order valence-corrected chi connectivity index (χ0v) is 8.53. The second kappa shape index (κ2) is 3.81. The van der Waals surface area contributed by atoms with Crippen LogP contribution in [0, 0.1) is 11.6 Å². The maximum Gasteiger partial charge on any atom is 0.129 e. The van der Waals surface area contributed by atoms with Crippen LogP contribution in [0.5, 0.6) is 0 Å². The first-order valence-electron chi connectivity index (χ1n) is 4.21. The third-order valence-corrected chi connectivity index (χ3v) is 2.18. The van der Waals surface area contributed by atoms with Gasteiger partial charge in [-0.25, -0.2) is 4.98 Å². The molecule has 66 valence electrons. The molecule has 0 saturated heterocycles. The smallest absolute Gasteiger partial charge is 0.129 e. The molecule has 1 aromatic rings. The molecule has 0 aromatic carbocycles. The molecule has 0 radical (unpaired) electrons. The van der Waals surface area contributed by atoms with Crippen LogP contribution in [0.25, 0.3) is 0 Å². The van der Waals surface area contributed by atoms with Gasteiger partial charge < -0.3 is 4.98 Å². The van der Waals surface area contributed by atoms with Crippen molar-refractivity contribution < 1.29 is 0 Å². The predicted octanol–water partition coefficient (Wildman–Crippen LogP) is 2.96. The summed E-state index contributed by atoms with van der Waals surface area (Å²) < 4.78 is 0.682. The minimum absolute atomic E-state index is 0.464. The van der Waals surface area contributed by atoms with Gasteiger partial charge in [-0.05, 0) is 19.4 Å². The summed E-state index contributed by atoms with van der Waals surface area (Å²) in [5.74, 6) is 1.47. The SMILES string of the molecule is CCC(C)c1nc(=S)cc(C)[nH]1. The summed E-state index contributed by atoms with van der Waals surface area (Å²) >= 11 is 5.02. The van der Waals surface area contributed by atoms with Gasteiger partial charge in [-0.15, -0.1) is 0 Å². The van der Waals surface area contributed by atoms with Gasteiger partial charge in [-0.1, -0.05) is 26.1 Å². The Morgan fingerprint density at radius 3 is 2.83 bits per heavy atom. The molecule has 0 bridgehead atoms. The minimum atomic E-state index is 0.464. The van der Waals surface area contributed by atoms with Crippen molar-refractivity contribution >= 4 is 12.2 Å². The van der Waals surface area contributed by atoms with E-state index in [1.807, 2.05) is 13.0 Å². The lowest BCUT2D eigenvalue weighted by molar-refractivity contribution is 0.673. The van der Waals surface area contributed by atoms with Crippen molar-refractivity contribution in [2.45, 2.75) is 33.1 Å². The van der Waals surface area contributed by atoms with Crippen LogP contribution in [0.15, 0.2) is 6.07 Å². The highest BCUT2D eigenvalue weighted by Crippen LogP contribution is 2.13. The zero-order valence-electron chi connectivity index (χ0n) is 7.72. The van der Waals surface area contributed by atoms with E-state index < -0.39 is 0 Å². The Bertz CT molecular complexity index is 317. The number of aromatic nitrogens is 2. The third-order valence-electron chi connectivity index (χ3n) is 1.98. The molecule has 0 aliphatic heterocycles. The van der Waals surface area contributed by atoms with Crippen LogP contribution >= 0.6 is 12.2 Å². The Balaban J connectivity index is 3.08. The Kier molecular flexibility index (Phi) is 2.98. The molecule has 1 rings (SSSR count). The molecular formula is C9H14N2S. The average molecular weight is 182 g/mol. The van der Waals surface area contributed by atoms with Gasteiger partial charge in [-0.2, -0.15) is 0 Å². The van der Waals surface area contributed by atoms with Gasteiger partial charge in [-0.3, -0.25) is 0 Å². The average Bonchev–Trinajstić information content (AvgIpc) is 2.01. The van der Waals surface area contributed by atoms with E-state index >= 15 is 0 Å². The molecule has 1 N–H and O–H groups in total. The second-order valence-corrected chi connectivity index (χ2v) is 3.52. The van der Waals surface area contributed by atoms with E-state index in [0.717, 1.165) is 17.9 Å². The highest BCUT2D eigenvalue weighted by molar-refractivity contribution is 7.71. The van der Waals surface area contributed by atoms with E-state index in [1.54, 1.807) is 0 Å². The highest BCUT2D eigenvalue weighted by atomic mass is 32.1. The summed E-state index contributed by atoms with van der Waals surface area (Å²) in [7, 11) is 0. The highest BCUT2D eigenvalue weighted by Gasteiger charge is 2.04. The molecule has 1 heterocycles. The molecule has 1 aromatic heterocycles. The van der Waals surface area contributed by atoms with E-state index in [2.05, 4.69) is 23.8 Å². The Morgan fingerprint density at radius 2 is 2.33 bits per heavy atom. The molecule has 0 fully saturated rings. The van der Waals surface area contributed by atoms with Gasteiger partial charge in [0.05, 0.1) is 0 Å². The van der Waals surface area contributed by atoms with Crippen molar-refractivity contribution in [2.75, 3.05) is 0 Å². The van der Waals surface area contributed by atoms with Crippen molar-refractivity contribution in [2.24, 2.45) is 0 Å². The molecule has 0 saturated carbocycles. The summed E-state index contributed by atoms with van der Waals surface area (Å²) in [6.45, 7) is 6.29. The minimum Gasteiger partial charge on any atom is -0.347 e. The Labute approximate surface area is 78.1 Å². The number of aryl methyl sites for hydroxylation is 1. The predicted molar refractivity (Wildman–Crippen MR) is 52.9 cm³/mol. The lowest BCUT2D eigenvalue weighted by atomic mass is 10.1. The molecule has 1 unspecified atom stereocenters. The van der Waals surface area contributed by atoms with Crippen LogP contribution in [-0.2, 0) is 0 Å². The number of hydrogen-bond donors (Lipinski definition) is 1. The van der Waals surface area contributed by atoms with Gasteiger partial charge in [0.2, 0.25) is 0 Å². The van der Waals surface area contributed by atoms with E-state index in [-0.39, 0.29) is 0 Å². The number of nitrogens with zero attached hydrogens (tertiary/aromatic N) is 1. The lowest BCUT2D eigenvalue weighted by Crippen LogP contribution is -2.01. The maximum absolute atomic E-state index is 5.02. The molecule has 3 heteroatoms. The van der Waals surface area contributed by atoms with Gasteiger partial charge >= 0.3 is 0 Å². The summed E-state index contributed by atoms with van der Waals surface area (Å²) in [5.41, 5.74) is 1.09. The molecular weight excluding hydrogens is 168 g/mol. The third kappa shape index (κ3) is 2.14. The quantitative estimate of drug-likeness (QED) is 0.712. The largest absolute Gasteiger partial charge is 0.347 e. The summed E-state index contributed by atoms with van der Waals surface area (Å²) in [6.07, 6.45) is 1.09. The molecule has 0 aliphatic rings. The maximum atomic E-state index is 5.02. The standard InChI is InChI=1S/C9H14N2S/c1-4-6(2)9-10-7(3)5-8(12)11-9/h5-6H,4H2,1-3H3,(H,10,11,12). The van der Waals surface area contributed by atoms with Crippen molar-refractivity contribution in [3.63, 3.8) is 0 Å². The Morgan fingerprint density at radius 1 is 1.67 bits per heavy atom. The zero-order chi connectivity index (χ0) is 9.14. The molecule has 0 aliphatic carbocycles. The first kappa shape index (κ1) is 9.39. The summed E-state index contributed by atoms with van der Waals surface area (Å²) in [4.78, 5) is 7.49. The summed E-state index contributed by atoms with van der Waals surface area (Å²) in [6, 6.07) is 1.88. The lowest BCUT2D eigenvalue weighted by Gasteiger charge is -2.07. The van der Waals surface area contributed by atoms with Gasteiger partial charge in [0.1, 0.15) is 10.5 Å². The molecule has 12 heavy (non-hydrogen) atoms. The van der Waals surface area contributed by atoms with Crippen LogP contribution in [0.3, 0.4) is 0 Å². The normalized spacial score (nSPS) is 12.9. The van der Waals surface area contributed by atoms with Crippen LogP contribution in [0.2, 0.25) is 0 Å². The van der Waals surface area contributed by atoms with Gasteiger partial charge in [0.15, 0.2) is 0 Å². The fourth-order valence-electron chi connectivity index (χ4n) is 1.03. The molecule has 0 spiro atoms. The van der Waals surface area contributed by atoms with E-state index in [0.29, 0.717) is 10.6 Å². The number of aromatic amines is 1. The van der Waals surface area contributed by atoms with Crippen LogP contribution in [0.4, 0.5) is 0 Å².